The number of ether oxygens (including phenoxy) is 2. The van der Waals surface area contributed by atoms with Gasteiger partial charge in [0.2, 0.25) is 0 Å². The number of hydrogen-bond donors (Lipinski definition) is 2. The summed E-state index contributed by atoms with van der Waals surface area (Å²) in [6.07, 6.45) is 7.45. The number of rotatable bonds is 5. The van der Waals surface area contributed by atoms with Crippen LogP contribution < -0.4 is 20.1 Å². The molecule has 2 aromatic carbocycles. The van der Waals surface area contributed by atoms with Crippen LogP contribution in [0.5, 0.6) is 5.75 Å². The van der Waals surface area contributed by atoms with Crippen LogP contribution in [0.1, 0.15) is 95.1 Å². The molecule has 2 bridgehead atoms. The summed E-state index contributed by atoms with van der Waals surface area (Å²) < 4.78 is 28.4. The van der Waals surface area contributed by atoms with Gasteiger partial charge in [0.05, 0.1) is 17.5 Å². The monoisotopic (exact) mass is 659 g/mol. The van der Waals surface area contributed by atoms with Gasteiger partial charge in [-0.25, -0.2) is 4.21 Å². The maximum absolute atomic E-state index is 13.3. The van der Waals surface area contributed by atoms with E-state index < -0.39 is 16.7 Å². The number of aryl methyl sites for hydroxylation is 1. The maximum atomic E-state index is 13.3. The molecule has 9 heteroatoms. The fraction of sp³-hybridized carbons (Fsp3) is 0.583. The number of nitrogens with one attached hydrogen (secondary N) is 1. The van der Waals surface area contributed by atoms with Crippen LogP contribution in [0.4, 0.5) is 5.69 Å². The summed E-state index contributed by atoms with van der Waals surface area (Å²) in [6.45, 7) is 16.4. The molecule has 4 rings (SSSR count). The average molecular weight is 660 g/mol. The number of nitrogens with zero attached hydrogens (tertiary/aromatic N) is 1. The molecule has 0 fully saturated rings. The van der Waals surface area contributed by atoms with Gasteiger partial charge in [0.25, 0.3) is 5.91 Å². The molecule has 2 heterocycles. The maximum Gasteiger partial charge on any atom is 0.263 e. The molecule has 7 nitrogen and oxygen atoms in total. The van der Waals surface area contributed by atoms with Gasteiger partial charge < -0.3 is 14.4 Å². The Labute approximate surface area is 278 Å². The molecule has 1 amide bonds. The van der Waals surface area contributed by atoms with Gasteiger partial charge in [-0.1, -0.05) is 71.7 Å². The third-order valence-corrected chi connectivity index (χ3v) is 11.1. The molecule has 0 saturated carbocycles. The Morgan fingerprint density at radius 2 is 1.84 bits per heavy atom. The zero-order valence-corrected chi connectivity index (χ0v) is 30.0. The smallest absolute Gasteiger partial charge is 0.263 e. The molecule has 0 aliphatic carbocycles. The molecule has 7 atom stereocenters. The van der Waals surface area contributed by atoms with E-state index in [1.54, 1.807) is 13.2 Å². The zero-order chi connectivity index (χ0) is 33.3. The fourth-order valence-electron chi connectivity index (χ4n) is 6.55. The summed E-state index contributed by atoms with van der Waals surface area (Å²) in [5, 5.41) is 0.480. The molecule has 0 aromatic heterocycles. The van der Waals surface area contributed by atoms with Crippen molar-refractivity contribution >= 4 is 34.2 Å². The second-order valence-corrected chi connectivity index (χ2v) is 14.3. The van der Waals surface area contributed by atoms with Crippen LogP contribution in [-0.2, 0) is 22.1 Å². The number of methoxy groups -OCH3 is 1. The molecule has 2 aliphatic rings. The van der Waals surface area contributed by atoms with E-state index in [1.165, 1.54) is 11.1 Å². The fourth-order valence-corrected chi connectivity index (χ4v) is 7.77. The molecule has 45 heavy (non-hydrogen) atoms. The molecule has 3 N–H and O–H groups in total. The van der Waals surface area contributed by atoms with E-state index in [0.717, 1.165) is 35.7 Å². The van der Waals surface area contributed by atoms with Crippen LogP contribution in [-0.4, -0.2) is 47.9 Å². The number of hydrogen-bond acceptors (Lipinski definition) is 6. The summed E-state index contributed by atoms with van der Waals surface area (Å²) in [4.78, 5) is 15.7. The molecule has 2 aromatic rings. The Kier molecular flexibility index (Phi) is 14.0. The third-order valence-electron chi connectivity index (χ3n) is 9.29. The van der Waals surface area contributed by atoms with E-state index in [-0.39, 0.29) is 34.8 Å². The van der Waals surface area contributed by atoms with Crippen molar-refractivity contribution in [2.24, 2.45) is 23.5 Å². The highest BCUT2D eigenvalue weighted by molar-refractivity contribution is 7.84. The van der Waals surface area contributed by atoms with E-state index >= 15 is 0 Å². The summed E-state index contributed by atoms with van der Waals surface area (Å²) in [6, 6.07) is 11.6. The molecule has 0 radical (unpaired) electrons. The molecule has 0 saturated heterocycles. The number of allylic oxidation sites excluding steroid dienone is 1. The zero-order valence-electron chi connectivity index (χ0n) is 28.4. The van der Waals surface area contributed by atoms with Crippen LogP contribution in [0, 0.1) is 17.8 Å². The van der Waals surface area contributed by atoms with Gasteiger partial charge in [0, 0.05) is 42.6 Å². The van der Waals surface area contributed by atoms with Crippen LogP contribution in [0.3, 0.4) is 0 Å². The lowest BCUT2D eigenvalue weighted by Gasteiger charge is -2.40. The number of anilines is 1. The summed E-state index contributed by atoms with van der Waals surface area (Å²) in [5.41, 5.74) is 9.77. The largest absolute Gasteiger partial charge is 0.491 e. The normalized spacial score (nSPS) is 29.8. The number of benzene rings is 2. The second kappa shape index (κ2) is 17.0. The van der Waals surface area contributed by atoms with Crippen molar-refractivity contribution < 1.29 is 18.5 Å². The lowest BCUT2D eigenvalue weighted by Crippen LogP contribution is -2.51. The van der Waals surface area contributed by atoms with Crippen LogP contribution >= 0.6 is 11.6 Å². The van der Waals surface area contributed by atoms with Gasteiger partial charge in [-0.2, -0.15) is 0 Å². The number of carbonyl (C=O) groups excluding carboxylic acids is 1. The van der Waals surface area contributed by atoms with Gasteiger partial charge in [-0.15, -0.1) is 0 Å². The first-order valence-corrected chi connectivity index (χ1v) is 18.1. The van der Waals surface area contributed by atoms with Crippen molar-refractivity contribution in [2.45, 2.75) is 91.0 Å². The highest BCUT2D eigenvalue weighted by atomic mass is 35.5. The minimum Gasteiger partial charge on any atom is -0.491 e. The van der Waals surface area contributed by atoms with Crippen molar-refractivity contribution in [3.8, 4) is 5.75 Å². The minimum atomic E-state index is -1.56. The van der Waals surface area contributed by atoms with Gasteiger partial charge in [-0.05, 0) is 85.6 Å². The quantitative estimate of drug-likeness (QED) is 0.253. The van der Waals surface area contributed by atoms with E-state index in [2.05, 4.69) is 42.5 Å². The molecular weight excluding hydrogens is 606 g/mol. The Balaban J connectivity index is 0.00000271. The number of amides is 1. The second-order valence-electron chi connectivity index (χ2n) is 12.3. The van der Waals surface area contributed by atoms with Crippen LogP contribution in [0.2, 0.25) is 5.02 Å². The van der Waals surface area contributed by atoms with Crippen molar-refractivity contribution in [2.75, 3.05) is 31.7 Å². The molecule has 250 valence electrons. The Bertz CT molecular complexity index is 1340. The first kappa shape index (κ1) is 37.1. The SMILES string of the molecule is CC.CCCc1cc(Cl)ccc1C1COc2ccc3cc2N(C1)CC(C)C(CC)[C@@](N)(OC)/C=C/CC(C)C(C)S(=O)NC3=O. The lowest BCUT2D eigenvalue weighted by atomic mass is 9.81. The Hall–Kier alpha value is -2.39. The van der Waals surface area contributed by atoms with Crippen LogP contribution in [0.25, 0.3) is 0 Å². The number of nitrogens with two attached hydrogens (primary N) is 1. The Morgan fingerprint density at radius 3 is 2.51 bits per heavy atom. The van der Waals surface area contributed by atoms with E-state index in [4.69, 9.17) is 26.8 Å². The van der Waals surface area contributed by atoms with Crippen LogP contribution in [0.15, 0.2) is 48.6 Å². The lowest BCUT2D eigenvalue weighted by molar-refractivity contribution is -0.0329. The van der Waals surface area contributed by atoms with E-state index in [9.17, 15) is 9.00 Å². The highest BCUT2D eigenvalue weighted by Gasteiger charge is 2.37. The number of fused-ring (bicyclic) bond motifs is 1. The minimum absolute atomic E-state index is 0.0206. The van der Waals surface area contributed by atoms with Crippen molar-refractivity contribution in [3.63, 3.8) is 0 Å². The first-order chi connectivity index (χ1) is 21.5. The summed E-state index contributed by atoms with van der Waals surface area (Å²) in [5.74, 6) is 0.669. The predicted octanol–water partition coefficient (Wildman–Crippen LogP) is 7.64. The van der Waals surface area contributed by atoms with E-state index in [1.807, 2.05) is 58.0 Å². The summed E-state index contributed by atoms with van der Waals surface area (Å²) >= 11 is 6.41. The first-order valence-electron chi connectivity index (χ1n) is 16.5. The molecule has 2 aliphatic heterocycles. The highest BCUT2D eigenvalue weighted by Crippen LogP contribution is 2.39. The summed E-state index contributed by atoms with van der Waals surface area (Å²) in [7, 11) is 0.112. The molecule has 6 unspecified atom stereocenters. The van der Waals surface area contributed by atoms with Crippen molar-refractivity contribution in [3.05, 3.63) is 70.3 Å². The molecule has 0 spiro atoms. The van der Waals surface area contributed by atoms with Gasteiger partial charge in [0.1, 0.15) is 22.5 Å². The van der Waals surface area contributed by atoms with Crippen molar-refractivity contribution in [1.29, 1.82) is 0 Å². The van der Waals surface area contributed by atoms with Gasteiger partial charge in [-0.3, -0.25) is 15.3 Å². The predicted molar refractivity (Wildman–Crippen MR) is 189 cm³/mol. The Morgan fingerprint density at radius 1 is 1.11 bits per heavy atom. The van der Waals surface area contributed by atoms with Gasteiger partial charge in [0.15, 0.2) is 0 Å². The van der Waals surface area contributed by atoms with E-state index in [0.29, 0.717) is 31.7 Å². The standard InChI is InChI=1S/C34H48ClN3O4S.C2H6/c1-7-10-25-17-28(35)13-14-29(25)27-20-38-19-23(4)30(8-2)34(36,41-6)16-9-11-22(3)24(5)43(40)37-33(39)26-12-15-32(42-21-27)31(38)18-26;1-2/h9,12-18,22-24,27,30H,7-8,10-11,19-21,36H2,1-6H3,(H,37,39);1-2H3/b16-9+;/t22?,23?,24?,27?,30?,34-,43?;/m0./s1. The third kappa shape index (κ3) is 8.91. The number of halogens is 1. The number of carbonyl (C=O) groups is 1. The average Bonchev–Trinajstić information content (AvgIpc) is 3.20. The molecular formula is C36H54ClN3O4S. The topological polar surface area (TPSA) is 93.9 Å². The van der Waals surface area contributed by atoms with Crippen molar-refractivity contribution in [1.82, 2.24) is 4.72 Å². The van der Waals surface area contributed by atoms with Gasteiger partial charge >= 0.3 is 0 Å².